The van der Waals surface area contributed by atoms with Crippen molar-refractivity contribution in [3.8, 4) is 0 Å². The van der Waals surface area contributed by atoms with Crippen molar-refractivity contribution in [3.05, 3.63) is 0 Å². The molecule has 3 nitrogen and oxygen atoms in total. The summed E-state index contributed by atoms with van der Waals surface area (Å²) >= 11 is 0. The van der Waals surface area contributed by atoms with E-state index in [1.807, 2.05) is 6.92 Å². The van der Waals surface area contributed by atoms with Crippen molar-refractivity contribution < 1.29 is 4.79 Å². The van der Waals surface area contributed by atoms with Crippen molar-refractivity contribution in [2.75, 3.05) is 39.3 Å². The number of likely N-dealkylation sites (tertiary alicyclic amines) is 2. The number of ketones is 1. The van der Waals surface area contributed by atoms with E-state index in [4.69, 9.17) is 0 Å². The van der Waals surface area contributed by atoms with Crippen LogP contribution < -0.4 is 0 Å². The summed E-state index contributed by atoms with van der Waals surface area (Å²) in [6.45, 7) is 13.5. The van der Waals surface area contributed by atoms with Crippen LogP contribution in [0.3, 0.4) is 0 Å². The Kier molecular flexibility index (Phi) is 6.69. The maximum Gasteiger partial charge on any atom is 0.146 e. The molecule has 2 aliphatic heterocycles. The van der Waals surface area contributed by atoms with Crippen molar-refractivity contribution in [3.63, 3.8) is 0 Å². The van der Waals surface area contributed by atoms with Gasteiger partial charge < -0.3 is 4.90 Å². The number of carbonyl (C=O) groups excluding carboxylic acids is 1. The van der Waals surface area contributed by atoms with E-state index in [1.54, 1.807) is 0 Å². The molecule has 0 unspecified atom stereocenters. The smallest absolute Gasteiger partial charge is 0.146 e. The zero-order valence-electron chi connectivity index (χ0n) is 14.3. The Bertz CT molecular complexity index is 313. The molecular weight excluding hydrogens is 260 g/mol. The minimum atomic E-state index is 0.393. The molecule has 0 bridgehead atoms. The summed E-state index contributed by atoms with van der Waals surface area (Å²) in [5, 5.41) is 0. The first-order valence-corrected chi connectivity index (χ1v) is 9.04. The van der Waals surface area contributed by atoms with E-state index in [0.717, 1.165) is 30.8 Å². The molecule has 0 N–H and O–H groups in total. The molecule has 2 rings (SSSR count). The molecule has 122 valence electrons. The maximum atomic E-state index is 11.5. The molecule has 21 heavy (non-hydrogen) atoms. The minimum absolute atomic E-state index is 0.393. The third-order valence-corrected chi connectivity index (χ3v) is 5.59. The van der Waals surface area contributed by atoms with Crippen LogP contribution in [0.2, 0.25) is 0 Å². The zero-order valence-corrected chi connectivity index (χ0v) is 14.3. The van der Waals surface area contributed by atoms with Crippen LogP contribution in [0.4, 0.5) is 0 Å². The number of Topliss-reactive ketones (excluding diaryl/α,β-unsaturated/α-hetero) is 1. The maximum absolute atomic E-state index is 11.5. The van der Waals surface area contributed by atoms with Gasteiger partial charge in [0.05, 0.1) is 6.54 Å². The fourth-order valence-corrected chi connectivity index (χ4v) is 3.86. The van der Waals surface area contributed by atoms with Gasteiger partial charge in [-0.25, -0.2) is 0 Å². The summed E-state index contributed by atoms with van der Waals surface area (Å²) in [4.78, 5) is 16.6. The van der Waals surface area contributed by atoms with Gasteiger partial charge in [-0.15, -0.1) is 0 Å². The molecule has 0 aromatic heterocycles. The molecule has 0 aromatic rings. The summed E-state index contributed by atoms with van der Waals surface area (Å²) in [5.41, 5.74) is 0. The van der Waals surface area contributed by atoms with Gasteiger partial charge in [-0.2, -0.15) is 0 Å². The minimum Gasteiger partial charge on any atom is -0.303 e. The molecule has 0 amide bonds. The number of rotatable bonds is 6. The van der Waals surface area contributed by atoms with Gasteiger partial charge in [0.1, 0.15) is 5.78 Å². The van der Waals surface area contributed by atoms with Crippen LogP contribution in [-0.2, 0) is 4.79 Å². The molecular formula is C18H34N2O. The highest BCUT2D eigenvalue weighted by molar-refractivity contribution is 5.80. The normalized spacial score (nSPS) is 23.8. The molecule has 0 radical (unpaired) electrons. The fraction of sp³-hybridized carbons (Fsp3) is 0.944. The van der Waals surface area contributed by atoms with Crippen molar-refractivity contribution in [2.45, 2.75) is 52.9 Å². The van der Waals surface area contributed by atoms with Crippen molar-refractivity contribution in [1.82, 2.24) is 9.80 Å². The Morgan fingerprint density at radius 3 is 2.10 bits per heavy atom. The lowest BCUT2D eigenvalue weighted by Crippen LogP contribution is -2.43. The summed E-state index contributed by atoms with van der Waals surface area (Å²) in [5.74, 6) is 3.05. The molecule has 0 aromatic carbocycles. The van der Waals surface area contributed by atoms with E-state index < -0.39 is 0 Å². The lowest BCUT2D eigenvalue weighted by molar-refractivity contribution is -0.120. The van der Waals surface area contributed by atoms with Crippen LogP contribution in [0, 0.1) is 17.8 Å². The summed E-state index contributed by atoms with van der Waals surface area (Å²) in [6.07, 6.45) is 6.02. The average Bonchev–Trinajstić information content (AvgIpc) is 2.49. The van der Waals surface area contributed by atoms with Crippen molar-refractivity contribution in [2.24, 2.45) is 17.8 Å². The van der Waals surface area contributed by atoms with E-state index >= 15 is 0 Å². The first kappa shape index (κ1) is 17.0. The van der Waals surface area contributed by atoms with Crippen LogP contribution in [0.5, 0.6) is 0 Å². The number of hydrogen-bond donors (Lipinski definition) is 0. The van der Waals surface area contributed by atoms with Gasteiger partial charge in [0.2, 0.25) is 0 Å². The predicted molar refractivity (Wildman–Crippen MR) is 88.5 cm³/mol. The summed E-state index contributed by atoms with van der Waals surface area (Å²) in [6, 6.07) is 0. The molecule has 2 heterocycles. The van der Waals surface area contributed by atoms with Crippen LogP contribution >= 0.6 is 0 Å². The topological polar surface area (TPSA) is 23.6 Å². The monoisotopic (exact) mass is 294 g/mol. The van der Waals surface area contributed by atoms with E-state index in [1.165, 1.54) is 45.3 Å². The van der Waals surface area contributed by atoms with Gasteiger partial charge in [-0.05, 0) is 69.6 Å². The highest BCUT2D eigenvalue weighted by Crippen LogP contribution is 2.26. The van der Waals surface area contributed by atoms with Crippen LogP contribution in [-0.4, -0.2) is 54.9 Å². The third kappa shape index (κ3) is 5.37. The van der Waals surface area contributed by atoms with E-state index in [2.05, 4.69) is 23.6 Å². The first-order chi connectivity index (χ1) is 10.1. The van der Waals surface area contributed by atoms with E-state index in [9.17, 15) is 4.79 Å². The lowest BCUT2D eigenvalue weighted by atomic mass is 9.86. The number of nitrogens with zero attached hydrogens (tertiary/aromatic N) is 2. The SMILES string of the molecule is CCC(=O)CN1CCC(CN2CCC(C(C)C)CC2)CC1. The van der Waals surface area contributed by atoms with E-state index in [0.29, 0.717) is 18.7 Å². The molecule has 0 atom stereocenters. The zero-order chi connectivity index (χ0) is 15.2. The summed E-state index contributed by atoms with van der Waals surface area (Å²) < 4.78 is 0. The Balaban J connectivity index is 1.64. The average molecular weight is 294 g/mol. The van der Waals surface area contributed by atoms with Gasteiger partial charge in [-0.1, -0.05) is 20.8 Å². The number of piperidine rings is 2. The van der Waals surface area contributed by atoms with Crippen LogP contribution in [0.15, 0.2) is 0 Å². The van der Waals surface area contributed by atoms with Gasteiger partial charge in [0.15, 0.2) is 0 Å². The molecule has 0 saturated carbocycles. The van der Waals surface area contributed by atoms with Gasteiger partial charge >= 0.3 is 0 Å². The summed E-state index contributed by atoms with van der Waals surface area (Å²) in [7, 11) is 0. The number of hydrogen-bond acceptors (Lipinski definition) is 3. The first-order valence-electron chi connectivity index (χ1n) is 9.04. The Morgan fingerprint density at radius 2 is 1.57 bits per heavy atom. The molecule has 2 fully saturated rings. The third-order valence-electron chi connectivity index (χ3n) is 5.59. The van der Waals surface area contributed by atoms with Crippen molar-refractivity contribution >= 4 is 5.78 Å². The van der Waals surface area contributed by atoms with Crippen molar-refractivity contribution in [1.29, 1.82) is 0 Å². The number of carbonyl (C=O) groups is 1. The fourth-order valence-electron chi connectivity index (χ4n) is 3.86. The molecule has 2 saturated heterocycles. The van der Waals surface area contributed by atoms with Crippen LogP contribution in [0.1, 0.15) is 52.9 Å². The quantitative estimate of drug-likeness (QED) is 0.752. The predicted octanol–water partition coefficient (Wildman–Crippen LogP) is 3.05. The standard InChI is InChI=1S/C18H34N2O/c1-4-18(21)14-20-9-5-16(6-10-20)13-19-11-7-17(8-12-19)15(2)3/h15-17H,4-14H2,1-3H3. The van der Waals surface area contributed by atoms with Crippen LogP contribution in [0.25, 0.3) is 0 Å². The highest BCUT2D eigenvalue weighted by atomic mass is 16.1. The second-order valence-electron chi connectivity index (χ2n) is 7.49. The Hall–Kier alpha value is -0.410. The van der Waals surface area contributed by atoms with Gasteiger partial charge in [-0.3, -0.25) is 9.69 Å². The largest absolute Gasteiger partial charge is 0.303 e. The van der Waals surface area contributed by atoms with Gasteiger partial charge in [0.25, 0.3) is 0 Å². The van der Waals surface area contributed by atoms with E-state index in [-0.39, 0.29) is 0 Å². The molecule has 0 spiro atoms. The lowest BCUT2D eigenvalue weighted by Gasteiger charge is -2.38. The Labute approximate surface area is 131 Å². The molecule has 0 aliphatic carbocycles. The second-order valence-corrected chi connectivity index (χ2v) is 7.49. The highest BCUT2D eigenvalue weighted by Gasteiger charge is 2.25. The second kappa shape index (κ2) is 8.28. The molecule has 3 heteroatoms. The van der Waals surface area contributed by atoms with Gasteiger partial charge in [0, 0.05) is 13.0 Å². The Morgan fingerprint density at radius 1 is 1.00 bits per heavy atom. The molecule has 2 aliphatic rings.